The molecule has 0 aliphatic heterocycles. The molecule has 0 saturated carbocycles. The third kappa shape index (κ3) is 1.70. The van der Waals surface area contributed by atoms with E-state index in [9.17, 15) is 4.79 Å². The first-order valence-electron chi connectivity index (χ1n) is 3.26. The van der Waals surface area contributed by atoms with Crippen LogP contribution in [-0.2, 0) is 0 Å². The summed E-state index contributed by atoms with van der Waals surface area (Å²) in [7, 11) is 0. The Balaban J connectivity index is 2.73. The van der Waals surface area contributed by atoms with E-state index in [4.69, 9.17) is 5.11 Å². The lowest BCUT2D eigenvalue weighted by molar-refractivity contribution is 0.0691. The van der Waals surface area contributed by atoms with E-state index in [-0.39, 0.29) is 5.69 Å². The number of carboxylic acid groups (broad SMARTS) is 1. The molecule has 0 bridgehead atoms. The van der Waals surface area contributed by atoms with E-state index in [0.717, 1.165) is 0 Å². The first-order chi connectivity index (χ1) is 5.24. The third-order valence-corrected chi connectivity index (χ3v) is 1.15. The lowest BCUT2D eigenvalue weighted by atomic mass is 10.5. The topological polar surface area (TPSA) is 78.0 Å². The van der Waals surface area contributed by atoms with Crippen molar-refractivity contribution >= 4 is 11.9 Å². The van der Waals surface area contributed by atoms with Crippen molar-refractivity contribution in [2.45, 2.75) is 6.92 Å². The number of aromatic nitrogens is 2. The minimum Gasteiger partial charge on any atom is -0.477 e. The van der Waals surface area contributed by atoms with Gasteiger partial charge in [0.15, 0.2) is 0 Å². The molecule has 0 atom stereocenters. The van der Waals surface area contributed by atoms with Gasteiger partial charge in [0.25, 0.3) is 0 Å². The molecule has 0 aliphatic rings. The Hall–Kier alpha value is -1.52. The minimum absolute atomic E-state index is 0.0981. The van der Waals surface area contributed by atoms with Crippen molar-refractivity contribution in [1.82, 2.24) is 9.97 Å². The highest BCUT2D eigenvalue weighted by Gasteiger charge is 2.05. The number of anilines is 1. The number of aromatic amines is 1. The second-order valence-corrected chi connectivity index (χ2v) is 1.98. The molecule has 0 aromatic carbocycles. The SMILES string of the molecule is CCNc1ncc(C(=O)O)[nH]1. The van der Waals surface area contributed by atoms with Crippen molar-refractivity contribution in [3.05, 3.63) is 11.9 Å². The van der Waals surface area contributed by atoms with Crippen LogP contribution in [0.5, 0.6) is 0 Å². The van der Waals surface area contributed by atoms with Crippen molar-refractivity contribution in [1.29, 1.82) is 0 Å². The van der Waals surface area contributed by atoms with Crippen LogP contribution in [0.25, 0.3) is 0 Å². The number of rotatable bonds is 3. The lowest BCUT2D eigenvalue weighted by Gasteiger charge is -1.93. The molecule has 0 unspecified atom stereocenters. The van der Waals surface area contributed by atoms with E-state index in [1.807, 2.05) is 6.92 Å². The van der Waals surface area contributed by atoms with Gasteiger partial charge in [0, 0.05) is 6.54 Å². The smallest absolute Gasteiger partial charge is 0.354 e. The fourth-order valence-electron chi connectivity index (χ4n) is 0.687. The van der Waals surface area contributed by atoms with Gasteiger partial charge < -0.3 is 15.4 Å². The molecule has 5 heteroatoms. The highest BCUT2D eigenvalue weighted by atomic mass is 16.4. The molecule has 1 aromatic rings. The molecule has 0 aliphatic carbocycles. The summed E-state index contributed by atoms with van der Waals surface area (Å²) in [5, 5.41) is 11.3. The molecule has 5 nitrogen and oxygen atoms in total. The zero-order valence-electron chi connectivity index (χ0n) is 6.09. The molecule has 0 saturated heterocycles. The molecule has 3 N–H and O–H groups in total. The van der Waals surface area contributed by atoms with Crippen molar-refractivity contribution in [3.63, 3.8) is 0 Å². The molecule has 0 radical (unpaired) electrons. The maximum Gasteiger partial charge on any atom is 0.354 e. The monoisotopic (exact) mass is 155 g/mol. The number of aromatic carboxylic acids is 1. The second kappa shape index (κ2) is 3.05. The van der Waals surface area contributed by atoms with E-state index < -0.39 is 5.97 Å². The van der Waals surface area contributed by atoms with Crippen LogP contribution in [0, 0.1) is 0 Å². The van der Waals surface area contributed by atoms with Gasteiger partial charge in [-0.25, -0.2) is 9.78 Å². The molecular weight excluding hydrogens is 146 g/mol. The van der Waals surface area contributed by atoms with Crippen LogP contribution in [0.2, 0.25) is 0 Å². The van der Waals surface area contributed by atoms with Gasteiger partial charge in [-0.05, 0) is 6.92 Å². The Kier molecular flexibility index (Phi) is 2.10. The van der Waals surface area contributed by atoms with Crippen LogP contribution < -0.4 is 5.32 Å². The average Bonchev–Trinajstić information content (AvgIpc) is 2.37. The van der Waals surface area contributed by atoms with Gasteiger partial charge in [-0.1, -0.05) is 0 Å². The molecule has 1 rings (SSSR count). The standard InChI is InChI=1S/C6H9N3O2/c1-2-7-6-8-3-4(9-6)5(10)11/h3H,2H2,1H3,(H,10,11)(H2,7,8,9). The highest BCUT2D eigenvalue weighted by molar-refractivity contribution is 5.85. The number of hydrogen-bond donors (Lipinski definition) is 3. The normalized spacial score (nSPS) is 9.55. The molecule has 0 amide bonds. The molecule has 1 aromatic heterocycles. The molecule has 0 spiro atoms. The van der Waals surface area contributed by atoms with Gasteiger partial charge in [-0.2, -0.15) is 0 Å². The number of H-pyrrole nitrogens is 1. The van der Waals surface area contributed by atoms with Gasteiger partial charge in [0.05, 0.1) is 6.20 Å². The van der Waals surface area contributed by atoms with Crippen LogP contribution in [0.15, 0.2) is 6.20 Å². The van der Waals surface area contributed by atoms with Crippen molar-refractivity contribution in [2.24, 2.45) is 0 Å². The van der Waals surface area contributed by atoms with Gasteiger partial charge in [0.2, 0.25) is 5.95 Å². The number of carbonyl (C=O) groups is 1. The van der Waals surface area contributed by atoms with Crippen molar-refractivity contribution in [2.75, 3.05) is 11.9 Å². The minimum atomic E-state index is -0.998. The summed E-state index contributed by atoms with van der Waals surface area (Å²) < 4.78 is 0. The summed E-state index contributed by atoms with van der Waals surface area (Å²) in [6.45, 7) is 2.62. The third-order valence-electron chi connectivity index (χ3n) is 1.15. The Morgan fingerprint density at radius 2 is 2.64 bits per heavy atom. The van der Waals surface area contributed by atoms with E-state index in [2.05, 4.69) is 15.3 Å². The van der Waals surface area contributed by atoms with E-state index in [0.29, 0.717) is 12.5 Å². The number of nitrogens with one attached hydrogen (secondary N) is 2. The Morgan fingerprint density at radius 1 is 1.91 bits per heavy atom. The van der Waals surface area contributed by atoms with Gasteiger partial charge >= 0.3 is 5.97 Å². The molecule has 0 fully saturated rings. The van der Waals surface area contributed by atoms with Crippen LogP contribution >= 0.6 is 0 Å². The summed E-state index contributed by atoms with van der Waals surface area (Å²) in [5.41, 5.74) is 0.0981. The summed E-state index contributed by atoms with van der Waals surface area (Å²) in [4.78, 5) is 16.7. The fraction of sp³-hybridized carbons (Fsp3) is 0.333. The number of hydrogen-bond acceptors (Lipinski definition) is 3. The maximum atomic E-state index is 10.3. The average molecular weight is 155 g/mol. The Bertz CT molecular complexity index is 256. The Labute approximate surface area is 63.5 Å². The fourth-order valence-corrected chi connectivity index (χ4v) is 0.687. The van der Waals surface area contributed by atoms with E-state index >= 15 is 0 Å². The quantitative estimate of drug-likeness (QED) is 0.595. The van der Waals surface area contributed by atoms with Gasteiger partial charge in [0.1, 0.15) is 5.69 Å². The predicted molar refractivity (Wildman–Crippen MR) is 39.7 cm³/mol. The van der Waals surface area contributed by atoms with Gasteiger partial charge in [-0.3, -0.25) is 0 Å². The van der Waals surface area contributed by atoms with E-state index in [1.54, 1.807) is 0 Å². The summed E-state index contributed by atoms with van der Waals surface area (Å²) >= 11 is 0. The maximum absolute atomic E-state index is 10.3. The predicted octanol–water partition coefficient (Wildman–Crippen LogP) is 0.540. The summed E-state index contributed by atoms with van der Waals surface area (Å²) in [6.07, 6.45) is 1.28. The number of imidazole rings is 1. The van der Waals surface area contributed by atoms with Crippen LogP contribution in [0.4, 0.5) is 5.95 Å². The molecular formula is C6H9N3O2. The van der Waals surface area contributed by atoms with Gasteiger partial charge in [-0.15, -0.1) is 0 Å². The highest BCUT2D eigenvalue weighted by Crippen LogP contribution is 2.00. The molecule has 60 valence electrons. The van der Waals surface area contributed by atoms with Crippen LogP contribution in [0.1, 0.15) is 17.4 Å². The summed E-state index contributed by atoms with van der Waals surface area (Å²) in [6, 6.07) is 0. The first kappa shape index (κ1) is 7.59. The zero-order valence-corrected chi connectivity index (χ0v) is 6.09. The lowest BCUT2D eigenvalue weighted by Crippen LogP contribution is -2.00. The second-order valence-electron chi connectivity index (χ2n) is 1.98. The molecule has 11 heavy (non-hydrogen) atoms. The zero-order chi connectivity index (χ0) is 8.27. The number of carboxylic acids is 1. The van der Waals surface area contributed by atoms with E-state index in [1.165, 1.54) is 6.20 Å². The molecule has 1 heterocycles. The number of nitrogens with zero attached hydrogens (tertiary/aromatic N) is 1. The van der Waals surface area contributed by atoms with Crippen molar-refractivity contribution < 1.29 is 9.90 Å². The largest absolute Gasteiger partial charge is 0.477 e. The van der Waals surface area contributed by atoms with Crippen LogP contribution in [0.3, 0.4) is 0 Å². The Morgan fingerprint density at radius 3 is 3.09 bits per heavy atom. The summed E-state index contributed by atoms with van der Waals surface area (Å²) in [5.74, 6) is -0.508. The van der Waals surface area contributed by atoms with Crippen molar-refractivity contribution in [3.8, 4) is 0 Å². The van der Waals surface area contributed by atoms with Crippen LogP contribution in [-0.4, -0.2) is 27.6 Å². The first-order valence-corrected chi connectivity index (χ1v) is 3.26.